The van der Waals surface area contributed by atoms with Gasteiger partial charge in [0.2, 0.25) is 0 Å². The van der Waals surface area contributed by atoms with Crippen molar-refractivity contribution in [3.8, 4) is 17.0 Å². The van der Waals surface area contributed by atoms with Gasteiger partial charge in [0.25, 0.3) is 0 Å². The molecule has 0 radical (unpaired) electrons. The molecule has 2 heterocycles. The van der Waals surface area contributed by atoms with Crippen molar-refractivity contribution in [3.05, 3.63) is 41.9 Å². The van der Waals surface area contributed by atoms with E-state index in [0.717, 1.165) is 22.5 Å². The number of amides is 1. The number of nitrogens with two attached hydrogens (primary N) is 1. The van der Waals surface area contributed by atoms with Crippen molar-refractivity contribution < 1.29 is 14.3 Å². The third-order valence-electron chi connectivity index (χ3n) is 3.98. The molecule has 2 N–H and O–H groups in total. The summed E-state index contributed by atoms with van der Waals surface area (Å²) in [6, 6.07) is 5.89. The average molecular weight is 357 g/mol. The molecule has 2 aromatic rings. The van der Waals surface area contributed by atoms with Gasteiger partial charge in [-0.2, -0.15) is 0 Å². The van der Waals surface area contributed by atoms with Crippen LogP contribution >= 0.6 is 0 Å². The number of ether oxygens (including phenoxy) is 2. The molecule has 6 heteroatoms. The Hall–Kier alpha value is -2.63. The van der Waals surface area contributed by atoms with Gasteiger partial charge in [-0.1, -0.05) is 13.8 Å². The van der Waals surface area contributed by atoms with E-state index in [-0.39, 0.29) is 6.61 Å². The fourth-order valence-corrected chi connectivity index (χ4v) is 3.02. The lowest BCUT2D eigenvalue weighted by atomic mass is 9.95. The first-order valence-electron chi connectivity index (χ1n) is 8.69. The lowest BCUT2D eigenvalue weighted by Gasteiger charge is -2.30. The van der Waals surface area contributed by atoms with Crippen LogP contribution in [0.25, 0.3) is 11.3 Å². The molecule has 0 fully saturated rings. The topological polar surface area (TPSA) is 87.3 Å². The number of nitrogens with zero attached hydrogens (tertiary/aromatic N) is 2. The predicted octanol–water partition coefficient (Wildman–Crippen LogP) is 4.04. The first-order chi connectivity index (χ1) is 12.2. The highest BCUT2D eigenvalue weighted by Gasteiger charge is 2.30. The van der Waals surface area contributed by atoms with Gasteiger partial charge in [-0.15, -0.1) is 0 Å². The van der Waals surface area contributed by atoms with Crippen molar-refractivity contribution in [2.45, 2.75) is 46.6 Å². The molecule has 2 aromatic heterocycles. The van der Waals surface area contributed by atoms with Gasteiger partial charge in [-0.3, -0.25) is 9.97 Å². The van der Waals surface area contributed by atoms with E-state index in [0.29, 0.717) is 18.1 Å². The van der Waals surface area contributed by atoms with Crippen molar-refractivity contribution in [1.82, 2.24) is 9.97 Å². The molecule has 0 aliphatic heterocycles. The third kappa shape index (κ3) is 5.44. The van der Waals surface area contributed by atoms with Gasteiger partial charge in [-0.05, 0) is 56.9 Å². The van der Waals surface area contributed by atoms with Gasteiger partial charge in [0.1, 0.15) is 18.0 Å². The molecule has 0 aliphatic carbocycles. The zero-order chi connectivity index (χ0) is 19.3. The second kappa shape index (κ2) is 8.17. The highest BCUT2D eigenvalue weighted by molar-refractivity contribution is 5.65. The van der Waals surface area contributed by atoms with Crippen molar-refractivity contribution in [2.24, 2.45) is 11.7 Å². The lowest BCUT2D eigenvalue weighted by Crippen LogP contribution is -2.41. The Morgan fingerprint density at radius 1 is 1.27 bits per heavy atom. The number of aromatic nitrogens is 2. The maximum Gasteiger partial charge on any atom is 0.405 e. The average Bonchev–Trinajstić information content (AvgIpc) is 2.52. The summed E-state index contributed by atoms with van der Waals surface area (Å²) < 4.78 is 11.2. The number of primary amides is 1. The molecule has 0 aromatic carbocycles. The molecular weight excluding hydrogens is 330 g/mol. The number of carbonyl (C=O) groups is 1. The second-order valence-electron chi connectivity index (χ2n) is 7.28. The number of pyridine rings is 2. The van der Waals surface area contributed by atoms with E-state index >= 15 is 0 Å². The highest BCUT2D eigenvalue weighted by atomic mass is 16.6. The Kier molecular flexibility index (Phi) is 6.18. The Morgan fingerprint density at radius 3 is 2.58 bits per heavy atom. The van der Waals surface area contributed by atoms with Crippen molar-refractivity contribution in [1.29, 1.82) is 0 Å². The Bertz CT molecular complexity index is 777. The summed E-state index contributed by atoms with van der Waals surface area (Å²) >= 11 is 0. The lowest BCUT2D eigenvalue weighted by molar-refractivity contribution is -0.0188. The molecule has 26 heavy (non-hydrogen) atoms. The smallest absolute Gasteiger partial charge is 0.405 e. The normalized spacial score (nSPS) is 13.3. The van der Waals surface area contributed by atoms with Crippen molar-refractivity contribution in [3.63, 3.8) is 0 Å². The van der Waals surface area contributed by atoms with Gasteiger partial charge in [0, 0.05) is 17.5 Å². The molecule has 1 atom stereocenters. The van der Waals surface area contributed by atoms with Gasteiger partial charge in [0.05, 0.1) is 11.9 Å². The van der Waals surface area contributed by atoms with E-state index in [4.69, 9.17) is 15.2 Å². The minimum absolute atomic E-state index is 0.213. The quantitative estimate of drug-likeness (QED) is 0.808. The predicted molar refractivity (Wildman–Crippen MR) is 101 cm³/mol. The molecule has 0 bridgehead atoms. The van der Waals surface area contributed by atoms with Crippen LogP contribution in [0.1, 0.15) is 38.4 Å². The molecular formula is C20H27N3O3. The van der Waals surface area contributed by atoms with E-state index < -0.39 is 11.7 Å². The van der Waals surface area contributed by atoms with E-state index in [1.165, 1.54) is 0 Å². The summed E-state index contributed by atoms with van der Waals surface area (Å²) in [5, 5.41) is 0. The summed E-state index contributed by atoms with van der Waals surface area (Å²) in [4.78, 5) is 19.9. The van der Waals surface area contributed by atoms with Crippen molar-refractivity contribution >= 4 is 6.09 Å². The molecule has 0 aliphatic rings. The first kappa shape index (κ1) is 19.7. The van der Waals surface area contributed by atoms with Crippen LogP contribution in [0.15, 0.2) is 30.6 Å². The fraction of sp³-hybridized carbons (Fsp3) is 0.450. The highest BCUT2D eigenvalue weighted by Crippen LogP contribution is 2.27. The number of carbonyl (C=O) groups excluding carboxylic acids is 1. The number of aryl methyl sites for hydroxylation is 2. The Labute approximate surface area is 154 Å². The molecule has 2 rings (SSSR count). The summed E-state index contributed by atoms with van der Waals surface area (Å²) in [6.45, 7) is 10.1. The molecule has 0 unspecified atom stereocenters. The van der Waals surface area contributed by atoms with Crippen molar-refractivity contribution in [2.75, 3.05) is 6.61 Å². The van der Waals surface area contributed by atoms with E-state index in [1.807, 2.05) is 39.0 Å². The summed E-state index contributed by atoms with van der Waals surface area (Å²) in [5.41, 5.74) is 8.19. The SMILES string of the molecule is Cc1cc(-c2cc(C)c(OC[C@](C)(CC(C)C)OC(N)=O)cn2)ccn1. The van der Waals surface area contributed by atoms with E-state index in [2.05, 4.69) is 23.8 Å². The molecule has 0 saturated heterocycles. The van der Waals surface area contributed by atoms with Gasteiger partial charge in [-0.25, -0.2) is 4.79 Å². The minimum atomic E-state index is -0.796. The zero-order valence-corrected chi connectivity index (χ0v) is 16.1. The molecule has 140 valence electrons. The van der Waals surface area contributed by atoms with Crippen LogP contribution in [0.4, 0.5) is 4.79 Å². The summed E-state index contributed by atoms with van der Waals surface area (Å²) in [7, 11) is 0. The summed E-state index contributed by atoms with van der Waals surface area (Å²) in [6.07, 6.45) is 3.32. The van der Waals surface area contributed by atoms with E-state index in [1.54, 1.807) is 12.4 Å². The zero-order valence-electron chi connectivity index (χ0n) is 16.1. The third-order valence-corrected chi connectivity index (χ3v) is 3.98. The Morgan fingerprint density at radius 2 is 2.00 bits per heavy atom. The molecule has 1 amide bonds. The maximum atomic E-state index is 11.2. The van der Waals surface area contributed by atoms with Crippen LogP contribution in [0.2, 0.25) is 0 Å². The molecule has 0 spiro atoms. The van der Waals surface area contributed by atoms with Gasteiger partial charge in [0.15, 0.2) is 0 Å². The Balaban J connectivity index is 2.15. The van der Waals surface area contributed by atoms with Crippen LogP contribution in [0.5, 0.6) is 5.75 Å². The van der Waals surface area contributed by atoms with Gasteiger partial charge >= 0.3 is 6.09 Å². The fourth-order valence-electron chi connectivity index (χ4n) is 3.02. The van der Waals surface area contributed by atoms with Crippen LogP contribution in [0.3, 0.4) is 0 Å². The first-order valence-corrected chi connectivity index (χ1v) is 8.69. The number of hydrogen-bond acceptors (Lipinski definition) is 5. The largest absolute Gasteiger partial charge is 0.488 e. The van der Waals surface area contributed by atoms with Gasteiger partial charge < -0.3 is 15.2 Å². The van der Waals surface area contributed by atoms with Crippen LogP contribution in [0, 0.1) is 19.8 Å². The van der Waals surface area contributed by atoms with Crippen LogP contribution in [-0.4, -0.2) is 28.3 Å². The number of rotatable bonds is 7. The van der Waals surface area contributed by atoms with Crippen LogP contribution in [-0.2, 0) is 4.74 Å². The van der Waals surface area contributed by atoms with Crippen LogP contribution < -0.4 is 10.5 Å². The molecule has 6 nitrogen and oxygen atoms in total. The monoisotopic (exact) mass is 357 g/mol. The minimum Gasteiger partial charge on any atom is -0.488 e. The molecule has 0 saturated carbocycles. The standard InChI is InChI=1S/C20H27N3O3/c1-13(2)10-20(5,26-19(21)24)12-25-18-11-23-17(8-14(18)3)16-6-7-22-15(4)9-16/h6-9,11,13H,10,12H2,1-5H3,(H2,21,24)/t20-/m0/s1. The summed E-state index contributed by atoms with van der Waals surface area (Å²) in [5.74, 6) is 0.988. The maximum absolute atomic E-state index is 11.2. The second-order valence-corrected chi connectivity index (χ2v) is 7.28. The van der Waals surface area contributed by atoms with E-state index in [9.17, 15) is 4.79 Å². The number of hydrogen-bond donors (Lipinski definition) is 1.